The Kier molecular flexibility index (Phi) is 16.2. The maximum absolute atomic E-state index is 15.2. The summed E-state index contributed by atoms with van der Waals surface area (Å²) in [4.78, 5) is 33.7. The molecule has 18 atom stereocenters. The smallest absolute Gasteiger partial charge is 0.160 e. The molecule has 6 aliphatic carbocycles. The number of methoxy groups -OCH3 is 1. The number of dihydropyridines is 1. The average molecular weight is 1150 g/mol. The Balaban J connectivity index is 0.836. The number of carbonyl (C=O) groups is 2. The molecule has 1 saturated heterocycles. The number of nitrogens with two attached hydrogens (primary N) is 1. The molecule has 12 N–H and O–H groups in total. The molecular weight excluding hydrogens is 1070 g/mol. The van der Waals surface area contributed by atoms with Crippen LogP contribution in [0.15, 0.2) is 115 Å². The van der Waals surface area contributed by atoms with E-state index in [9.17, 15) is 35.4 Å². The minimum atomic E-state index is -1.48. The molecule has 0 radical (unpaired) electrons. The fourth-order valence-electron chi connectivity index (χ4n) is 18.7. The maximum Gasteiger partial charge on any atom is 0.160 e. The van der Waals surface area contributed by atoms with Gasteiger partial charge < -0.3 is 62.0 Å². The van der Waals surface area contributed by atoms with E-state index in [2.05, 4.69) is 113 Å². The summed E-state index contributed by atoms with van der Waals surface area (Å²) in [6.45, 7) is 4.89. The van der Waals surface area contributed by atoms with Crippen molar-refractivity contribution in [3.05, 3.63) is 154 Å². The highest BCUT2D eigenvalue weighted by Gasteiger charge is 2.66. The molecule has 3 heterocycles. The van der Waals surface area contributed by atoms with E-state index in [0.29, 0.717) is 55.8 Å². The van der Waals surface area contributed by atoms with Gasteiger partial charge in [0, 0.05) is 66.9 Å². The zero-order chi connectivity index (χ0) is 58.8. The van der Waals surface area contributed by atoms with Crippen LogP contribution in [-0.2, 0) is 22.4 Å². The molecule has 14 nitrogen and oxygen atoms in total. The van der Waals surface area contributed by atoms with Crippen LogP contribution in [0, 0.1) is 64.6 Å². The van der Waals surface area contributed by atoms with Gasteiger partial charge in [0.2, 0.25) is 0 Å². The summed E-state index contributed by atoms with van der Waals surface area (Å²) in [7, 11) is 1.48. The highest BCUT2D eigenvalue weighted by Crippen LogP contribution is 2.69. The fourth-order valence-corrected chi connectivity index (χ4v) is 18.7. The summed E-state index contributed by atoms with van der Waals surface area (Å²) in [6.07, 6.45) is 5.92. The van der Waals surface area contributed by atoms with E-state index in [1.54, 1.807) is 12.1 Å². The van der Waals surface area contributed by atoms with Crippen LogP contribution in [0.4, 0.5) is 0 Å². The van der Waals surface area contributed by atoms with E-state index < -0.39 is 35.9 Å². The van der Waals surface area contributed by atoms with Gasteiger partial charge in [0.25, 0.3) is 0 Å². The number of phenolic OH excluding ortho intramolecular Hbond substituents is 1. The first-order chi connectivity index (χ1) is 41.2. The number of nitrogens with one attached hydrogen (secondary N) is 4. The predicted octanol–water partition coefficient (Wildman–Crippen LogP) is 7.83. The fraction of sp³-hybridized carbons (Fsp3) is 0.521. The van der Waals surface area contributed by atoms with Crippen LogP contribution >= 0.6 is 0 Å². The lowest BCUT2D eigenvalue weighted by atomic mass is 9.41. The van der Waals surface area contributed by atoms with Crippen molar-refractivity contribution in [2.24, 2.45) is 58.5 Å². The number of H-pyrrole nitrogens is 1. The number of piperidine rings is 1. The molecule has 4 fully saturated rings. The number of fused-ring (bicyclic) bond motifs is 3. The number of aromatic nitrogens is 1. The molecule has 1 spiro atoms. The summed E-state index contributed by atoms with van der Waals surface area (Å²) in [6, 6.07) is 28.5. The van der Waals surface area contributed by atoms with Crippen molar-refractivity contribution in [2.75, 3.05) is 33.3 Å². The third kappa shape index (κ3) is 10.5. The van der Waals surface area contributed by atoms with Crippen LogP contribution < -0.4 is 26.4 Å². The standard InChI is InChI=1S/C71H85N5O9/c1-3-73-35-53-64(47(16-18-63(83)84)52-37-75-54-34-55(77)50-27-46(25-38-9-5-4-6-10-38)51-36-76-70-67(51)65(50)69(54)66(52)68(53)70)45-20-23-71(61(82)30-45)22-19-43(49-33-58(80)59(85-2)29-42(49)15-17-60(71)81)28-56(78)57(79)32-48(44-21-24-74-62(72)31-44)41-14-13-39-11-7-8-12-40(39)26-41/h4-14,21,26,29,31,33,36,43,45-48,50,52-54,56-57,61,63-66,68-69,73-76,78-80,82-84H,3,15-18,20,23-25,27-28,30,32,34-35,37,72H2,1-2H3. The number of aliphatic hydroxyl groups excluding tert-OH is 4. The maximum atomic E-state index is 15.2. The van der Waals surface area contributed by atoms with Gasteiger partial charge in [-0.1, -0.05) is 97.6 Å². The van der Waals surface area contributed by atoms with Gasteiger partial charge in [-0.2, -0.15) is 0 Å². The molecular formula is C71H85N5O9. The molecule has 0 bridgehead atoms. The van der Waals surface area contributed by atoms with E-state index in [1.165, 1.54) is 29.5 Å². The molecule has 8 aliphatic rings. The summed E-state index contributed by atoms with van der Waals surface area (Å²) in [5, 5.41) is 83.3. The number of phenols is 1. The van der Waals surface area contributed by atoms with Gasteiger partial charge in [0.1, 0.15) is 11.2 Å². The average Bonchev–Trinajstić information content (AvgIpc) is 3.21. The van der Waals surface area contributed by atoms with Crippen molar-refractivity contribution in [2.45, 2.75) is 144 Å². The Labute approximate surface area is 499 Å². The number of allylic oxidation sites excluding steroid dienone is 2. The van der Waals surface area contributed by atoms with Gasteiger partial charge in [-0.05, 0) is 199 Å². The van der Waals surface area contributed by atoms with Gasteiger partial charge in [-0.3, -0.25) is 9.59 Å². The Morgan fingerprint density at radius 1 is 0.894 bits per heavy atom. The van der Waals surface area contributed by atoms with E-state index in [1.807, 2.05) is 18.2 Å². The first kappa shape index (κ1) is 57.8. The molecule has 13 rings (SSSR count). The van der Waals surface area contributed by atoms with Gasteiger partial charge in [-0.15, -0.1) is 0 Å². The Morgan fingerprint density at radius 3 is 2.48 bits per heavy atom. The minimum absolute atomic E-state index is 0.0173. The number of aromatic hydroxyl groups is 1. The molecule has 3 saturated carbocycles. The van der Waals surface area contributed by atoms with Crippen LogP contribution in [0.2, 0.25) is 0 Å². The summed E-state index contributed by atoms with van der Waals surface area (Å²) in [5.74, 6) is 7.97. The van der Waals surface area contributed by atoms with Gasteiger partial charge in [0.15, 0.2) is 23.6 Å². The molecule has 448 valence electrons. The van der Waals surface area contributed by atoms with E-state index in [4.69, 9.17) is 10.5 Å². The van der Waals surface area contributed by atoms with Gasteiger partial charge >= 0.3 is 0 Å². The highest BCUT2D eigenvalue weighted by atomic mass is 16.5. The number of ether oxygens (including phenoxy) is 1. The molecule has 85 heavy (non-hydrogen) atoms. The Morgan fingerprint density at radius 2 is 1.71 bits per heavy atom. The molecule has 4 aromatic carbocycles. The van der Waals surface area contributed by atoms with E-state index in [-0.39, 0.29) is 126 Å². The van der Waals surface area contributed by atoms with Crippen LogP contribution in [0.3, 0.4) is 0 Å². The molecule has 14 heteroatoms. The van der Waals surface area contributed by atoms with Crippen molar-refractivity contribution < 1.29 is 45.0 Å². The number of aryl methyl sites for hydroxylation is 1. The second kappa shape index (κ2) is 23.8. The Bertz CT molecular complexity index is 3440. The topological polar surface area (TPSA) is 243 Å². The monoisotopic (exact) mass is 1150 g/mol. The number of aromatic amines is 1. The van der Waals surface area contributed by atoms with Gasteiger partial charge in [-0.25, -0.2) is 0 Å². The Hall–Kier alpha value is -6.28. The van der Waals surface area contributed by atoms with E-state index >= 15 is 4.79 Å². The van der Waals surface area contributed by atoms with Crippen molar-refractivity contribution in [1.82, 2.24) is 20.9 Å². The van der Waals surface area contributed by atoms with Crippen LogP contribution in [0.1, 0.15) is 140 Å². The van der Waals surface area contributed by atoms with Crippen LogP contribution in [0.25, 0.3) is 10.8 Å². The second-order valence-corrected chi connectivity index (χ2v) is 26.6. The first-order valence-electron chi connectivity index (χ1n) is 31.7. The number of rotatable bonds is 17. The van der Waals surface area contributed by atoms with Gasteiger partial charge in [0.05, 0.1) is 31.2 Å². The zero-order valence-electron chi connectivity index (χ0n) is 49.0. The largest absolute Gasteiger partial charge is 0.504 e. The number of ketones is 2. The van der Waals surface area contributed by atoms with Crippen LogP contribution in [-0.4, -0.2) is 111 Å². The molecule has 18 unspecified atom stereocenters. The molecule has 5 aromatic rings. The lowest BCUT2D eigenvalue weighted by Crippen LogP contribution is -2.67. The number of aliphatic hydroxyl groups is 5. The lowest BCUT2D eigenvalue weighted by molar-refractivity contribution is -0.146. The first-order valence-corrected chi connectivity index (χ1v) is 31.7. The number of benzene rings is 4. The number of carbonyl (C=O) groups excluding carboxylic acids is 2. The van der Waals surface area contributed by atoms with Crippen molar-refractivity contribution in [1.29, 1.82) is 0 Å². The molecule has 0 amide bonds. The molecule has 1 aromatic heterocycles. The normalized spacial score (nSPS) is 32.9. The van der Waals surface area contributed by atoms with Crippen molar-refractivity contribution in [3.63, 3.8) is 0 Å². The van der Waals surface area contributed by atoms with E-state index in [0.717, 1.165) is 59.9 Å². The predicted molar refractivity (Wildman–Crippen MR) is 326 cm³/mol. The number of Topliss-reactive ketones (excluding diaryl/α,β-unsaturated/α-hetero) is 2. The summed E-state index contributed by atoms with van der Waals surface area (Å²) >= 11 is 0. The summed E-state index contributed by atoms with van der Waals surface area (Å²) in [5.41, 5.74) is 13.4. The third-order valence-electron chi connectivity index (χ3n) is 22.4. The number of hydrogen-bond donors (Lipinski definition) is 11. The molecule has 2 aliphatic heterocycles. The zero-order valence-corrected chi connectivity index (χ0v) is 49.0. The SMILES string of the molecule is CCNCC1C2c3[nH]cc4c3C3C(CC4Cc4ccccc4)C(=O)CC4NCC(C(CCC(O)O)C1C1CCC5(C#CC(CC(O)C(O)CC(C6=CCNC(N)=C6)c6ccc7ccccc7c6)c6cc(O)c(OC)cc6CCC5=O)C(O)C1)C2C43. The quantitative estimate of drug-likeness (QED) is 0.0315. The highest BCUT2D eigenvalue weighted by molar-refractivity contribution is 5.89. The summed E-state index contributed by atoms with van der Waals surface area (Å²) < 4.78 is 5.60. The van der Waals surface area contributed by atoms with Crippen molar-refractivity contribution >= 4 is 22.3 Å². The lowest BCUT2D eigenvalue weighted by Gasteiger charge is -2.65. The van der Waals surface area contributed by atoms with Crippen LogP contribution in [0.5, 0.6) is 11.5 Å². The third-order valence-corrected chi connectivity index (χ3v) is 22.4. The minimum Gasteiger partial charge on any atom is -0.504 e. The van der Waals surface area contributed by atoms with Crippen molar-refractivity contribution in [3.8, 4) is 23.3 Å². The second-order valence-electron chi connectivity index (χ2n) is 26.6. The number of hydrogen-bond acceptors (Lipinski definition) is 13.